The molecule has 3 unspecified atom stereocenters. The number of carbonyl (C=O) groups excluding carboxylic acids is 4. The first-order valence-electron chi connectivity index (χ1n) is 43.9. The molecule has 0 radical (unpaired) electrons. The first-order chi connectivity index (χ1) is 50.3. The predicted octanol–water partition coefficient (Wildman–Crippen LogP) is 25.7. The Morgan fingerprint density at radius 1 is 0.279 bits per heavy atom. The van der Waals surface area contributed by atoms with Crippen molar-refractivity contribution in [3.05, 3.63) is 0 Å². The lowest BCUT2D eigenvalue weighted by Crippen LogP contribution is -2.30. The summed E-state index contributed by atoms with van der Waals surface area (Å²) in [5, 5.41) is 10.7. The van der Waals surface area contributed by atoms with Crippen molar-refractivity contribution in [3.63, 3.8) is 0 Å². The summed E-state index contributed by atoms with van der Waals surface area (Å²) in [6, 6.07) is 0. The molecule has 0 spiro atoms. The molecule has 0 amide bonds. The summed E-state index contributed by atoms with van der Waals surface area (Å²) < 4.78 is 68.8. The Morgan fingerprint density at radius 3 is 0.731 bits per heavy atom. The van der Waals surface area contributed by atoms with Crippen LogP contribution in [0.1, 0.15) is 447 Å². The van der Waals surface area contributed by atoms with Crippen molar-refractivity contribution in [2.75, 3.05) is 39.6 Å². The smallest absolute Gasteiger partial charge is 0.462 e. The molecule has 0 saturated heterocycles. The lowest BCUT2D eigenvalue weighted by atomic mass is 9.99. The van der Waals surface area contributed by atoms with Crippen molar-refractivity contribution in [1.82, 2.24) is 0 Å². The third kappa shape index (κ3) is 76.8. The second-order valence-electron chi connectivity index (χ2n) is 31.8. The van der Waals surface area contributed by atoms with Gasteiger partial charge in [0.15, 0.2) is 12.2 Å². The molecule has 0 aromatic carbocycles. The van der Waals surface area contributed by atoms with Crippen LogP contribution in [0, 0.1) is 17.8 Å². The van der Waals surface area contributed by atoms with E-state index in [1.54, 1.807) is 0 Å². The molecule has 0 aliphatic carbocycles. The van der Waals surface area contributed by atoms with Gasteiger partial charge in [-0.05, 0) is 43.4 Å². The van der Waals surface area contributed by atoms with Gasteiger partial charge in [0.2, 0.25) is 0 Å². The molecule has 0 bridgehead atoms. The number of unbranched alkanes of at least 4 members (excludes halogenated alkanes) is 50. The summed E-state index contributed by atoms with van der Waals surface area (Å²) in [5.74, 6) is 0.184. The minimum absolute atomic E-state index is 0.104. The van der Waals surface area contributed by atoms with Crippen molar-refractivity contribution in [2.24, 2.45) is 17.8 Å². The average molecular weight is 1520 g/mol. The Morgan fingerprint density at radius 2 is 0.490 bits per heavy atom. The van der Waals surface area contributed by atoms with Gasteiger partial charge in [-0.3, -0.25) is 37.3 Å². The van der Waals surface area contributed by atoms with Gasteiger partial charge in [0.1, 0.15) is 19.3 Å². The van der Waals surface area contributed by atoms with Crippen LogP contribution in [0.4, 0.5) is 0 Å². The number of phosphoric acid groups is 2. The van der Waals surface area contributed by atoms with Crippen LogP contribution in [-0.4, -0.2) is 96.7 Å². The SMILES string of the molecule is CCCCCCCCCCCCCCCCCCCCCCCC(=O)OC[C@H](COP(=O)(O)OC[C@@H](O)COP(=O)(O)OC[C@@H](COC(=O)CCCCCCCCCC(C)C)OC(=O)CCCCCCCCCCC(C)CC)OC(=O)CCCCCCCCCCCCCCCCCCCCC(C)C. The summed E-state index contributed by atoms with van der Waals surface area (Å²) >= 11 is 0. The van der Waals surface area contributed by atoms with Crippen LogP contribution in [0.3, 0.4) is 0 Å². The van der Waals surface area contributed by atoms with Crippen molar-refractivity contribution >= 4 is 39.5 Å². The molecule has 19 heteroatoms. The molecule has 17 nitrogen and oxygen atoms in total. The lowest BCUT2D eigenvalue weighted by molar-refractivity contribution is -0.161. The molecule has 3 N–H and O–H groups in total. The number of aliphatic hydroxyl groups excluding tert-OH is 1. The standard InChI is InChI=1S/C85H166O17P2/c1-8-10-11-12-13-14-15-16-17-18-19-20-21-25-28-31-34-37-45-52-59-66-82(87)95-72-80(101-84(89)68-61-54-46-38-35-32-29-26-23-22-24-27-30-33-36-42-49-56-63-76(3)4)74-99-103(91,92)97-70-79(86)71-98-104(93,94)100-75-81(73-96-83(88)67-60-53-48-41-43-50-57-64-77(5)6)102-85(90)69-62-55-47-40-39-44-51-58-65-78(7)9-2/h76-81,86H,8-75H2,1-7H3,(H,91,92)(H,93,94)/t78?,79-,80-,81-/m1/s1. The van der Waals surface area contributed by atoms with Crippen LogP contribution in [0.2, 0.25) is 0 Å². The molecule has 0 fully saturated rings. The number of aliphatic hydroxyl groups is 1. The van der Waals surface area contributed by atoms with E-state index in [0.717, 1.165) is 108 Å². The van der Waals surface area contributed by atoms with E-state index in [1.807, 2.05) is 0 Å². The minimum Gasteiger partial charge on any atom is -0.462 e. The van der Waals surface area contributed by atoms with Gasteiger partial charge in [-0.15, -0.1) is 0 Å². The number of phosphoric ester groups is 2. The maximum atomic E-state index is 13.1. The van der Waals surface area contributed by atoms with E-state index >= 15 is 0 Å². The highest BCUT2D eigenvalue weighted by atomic mass is 31.2. The van der Waals surface area contributed by atoms with Crippen LogP contribution in [-0.2, 0) is 65.4 Å². The van der Waals surface area contributed by atoms with Gasteiger partial charge in [0.05, 0.1) is 26.4 Å². The highest BCUT2D eigenvalue weighted by Gasteiger charge is 2.30. The zero-order valence-corrected chi connectivity index (χ0v) is 70.3. The van der Waals surface area contributed by atoms with Crippen LogP contribution in [0.25, 0.3) is 0 Å². The summed E-state index contributed by atoms with van der Waals surface area (Å²) in [4.78, 5) is 73.1. The fraction of sp³-hybridized carbons (Fsp3) is 0.953. The third-order valence-corrected chi connectivity index (χ3v) is 22.1. The predicted molar refractivity (Wildman–Crippen MR) is 428 cm³/mol. The molecule has 0 aromatic heterocycles. The minimum atomic E-state index is -4.97. The van der Waals surface area contributed by atoms with E-state index < -0.39 is 97.5 Å². The summed E-state index contributed by atoms with van der Waals surface area (Å²) in [6.45, 7) is 11.9. The number of rotatable bonds is 83. The van der Waals surface area contributed by atoms with Crippen molar-refractivity contribution < 1.29 is 80.2 Å². The van der Waals surface area contributed by atoms with Gasteiger partial charge in [-0.1, -0.05) is 395 Å². The van der Waals surface area contributed by atoms with Gasteiger partial charge in [-0.2, -0.15) is 0 Å². The molecule has 0 aliphatic heterocycles. The summed E-state index contributed by atoms with van der Waals surface area (Å²) in [7, 11) is -9.92. The Labute approximate surface area is 638 Å². The number of ether oxygens (including phenoxy) is 4. The van der Waals surface area contributed by atoms with E-state index in [0.29, 0.717) is 31.6 Å². The molecule has 0 aliphatic rings. The molecule has 104 heavy (non-hydrogen) atoms. The fourth-order valence-electron chi connectivity index (χ4n) is 13.2. The second-order valence-corrected chi connectivity index (χ2v) is 34.7. The highest BCUT2D eigenvalue weighted by molar-refractivity contribution is 7.47. The Bertz CT molecular complexity index is 2010. The molecule has 6 atom stereocenters. The van der Waals surface area contributed by atoms with Gasteiger partial charge < -0.3 is 33.8 Å². The number of hydrogen-bond acceptors (Lipinski definition) is 15. The van der Waals surface area contributed by atoms with Crippen LogP contribution in [0.5, 0.6) is 0 Å². The number of carbonyl (C=O) groups is 4. The molecular formula is C85H166O17P2. The van der Waals surface area contributed by atoms with Crippen LogP contribution in [0.15, 0.2) is 0 Å². The zero-order chi connectivity index (χ0) is 76.5. The zero-order valence-electron chi connectivity index (χ0n) is 68.5. The lowest BCUT2D eigenvalue weighted by Gasteiger charge is -2.21. The molecule has 0 rings (SSSR count). The first kappa shape index (κ1) is 102. The molecular weight excluding hydrogens is 1350 g/mol. The van der Waals surface area contributed by atoms with E-state index in [4.69, 9.17) is 37.0 Å². The topological polar surface area (TPSA) is 237 Å². The maximum absolute atomic E-state index is 13.1. The highest BCUT2D eigenvalue weighted by Crippen LogP contribution is 2.45. The van der Waals surface area contributed by atoms with E-state index in [2.05, 4.69) is 48.5 Å². The normalized spacial score (nSPS) is 14.2. The second kappa shape index (κ2) is 75.1. The van der Waals surface area contributed by atoms with Gasteiger partial charge in [0, 0.05) is 25.7 Å². The summed E-state index contributed by atoms with van der Waals surface area (Å²) in [6.07, 6.45) is 65.5. The largest absolute Gasteiger partial charge is 0.472 e. The Hall–Kier alpha value is -1.94. The molecule has 0 saturated carbocycles. The Kier molecular flexibility index (Phi) is 73.7. The molecule has 0 heterocycles. The quantitative estimate of drug-likeness (QED) is 0.0222. The monoisotopic (exact) mass is 1520 g/mol. The van der Waals surface area contributed by atoms with Crippen LogP contribution < -0.4 is 0 Å². The van der Waals surface area contributed by atoms with Gasteiger partial charge >= 0.3 is 39.5 Å². The third-order valence-electron chi connectivity index (χ3n) is 20.2. The maximum Gasteiger partial charge on any atom is 0.472 e. The number of esters is 4. The Balaban J connectivity index is 5.20. The number of hydrogen-bond donors (Lipinski definition) is 3. The van der Waals surface area contributed by atoms with E-state index in [1.165, 1.54) is 250 Å². The van der Waals surface area contributed by atoms with E-state index in [9.17, 15) is 43.2 Å². The first-order valence-corrected chi connectivity index (χ1v) is 46.9. The van der Waals surface area contributed by atoms with Crippen molar-refractivity contribution in [1.29, 1.82) is 0 Å². The van der Waals surface area contributed by atoms with Crippen molar-refractivity contribution in [3.8, 4) is 0 Å². The average Bonchev–Trinajstić information content (AvgIpc) is 0.909. The van der Waals surface area contributed by atoms with E-state index in [-0.39, 0.29) is 25.7 Å². The van der Waals surface area contributed by atoms with Gasteiger partial charge in [0.25, 0.3) is 0 Å². The summed E-state index contributed by atoms with van der Waals surface area (Å²) in [5.41, 5.74) is 0. The van der Waals surface area contributed by atoms with Crippen LogP contribution >= 0.6 is 15.6 Å². The molecule has 0 aromatic rings. The van der Waals surface area contributed by atoms with Gasteiger partial charge in [-0.25, -0.2) is 9.13 Å². The fourth-order valence-corrected chi connectivity index (χ4v) is 14.7. The van der Waals surface area contributed by atoms with Crippen molar-refractivity contribution in [2.45, 2.75) is 465 Å². The molecule has 618 valence electrons.